The third kappa shape index (κ3) is 2.50. The number of hydrogen-bond donors (Lipinski definition) is 0. The first-order valence-electron chi connectivity index (χ1n) is 5.13. The molecule has 1 aromatic rings. The van der Waals surface area contributed by atoms with Gasteiger partial charge in [-0.25, -0.2) is 0 Å². The van der Waals surface area contributed by atoms with Gasteiger partial charge in [-0.05, 0) is 44.0 Å². The molecule has 0 atom stereocenters. The predicted molar refractivity (Wildman–Crippen MR) is 67.4 cm³/mol. The molecule has 0 fully saturated rings. The van der Waals surface area contributed by atoms with E-state index in [1.165, 1.54) is 16.8 Å². The molecule has 0 N–H and O–H groups in total. The molecule has 1 aromatic carbocycles. The van der Waals surface area contributed by atoms with E-state index in [9.17, 15) is 0 Å². The van der Waals surface area contributed by atoms with E-state index >= 15 is 0 Å². The van der Waals surface area contributed by atoms with Crippen molar-refractivity contribution in [2.24, 2.45) is 0 Å². The first kappa shape index (κ1) is 11.6. The molecule has 0 amide bonds. The maximum absolute atomic E-state index is 3.49. The van der Waals surface area contributed by atoms with Gasteiger partial charge in [-0.2, -0.15) is 0 Å². The standard InChI is InChI=1S/C12H18BrN/c1-4-14(5-2)12-7-6-11(9-13)10(3)8-12/h6-8H,4-5,9H2,1-3H3. The van der Waals surface area contributed by atoms with Crippen molar-refractivity contribution < 1.29 is 0 Å². The summed E-state index contributed by atoms with van der Waals surface area (Å²) in [4.78, 5) is 2.37. The Kier molecular flexibility index (Phi) is 4.46. The lowest BCUT2D eigenvalue weighted by atomic mass is 10.1. The average Bonchev–Trinajstić information content (AvgIpc) is 2.20. The van der Waals surface area contributed by atoms with E-state index in [0.29, 0.717) is 0 Å². The summed E-state index contributed by atoms with van der Waals surface area (Å²) in [5.74, 6) is 0. The van der Waals surface area contributed by atoms with Crippen molar-refractivity contribution >= 4 is 21.6 Å². The molecular formula is C12H18BrN. The van der Waals surface area contributed by atoms with Crippen LogP contribution in [-0.4, -0.2) is 13.1 Å². The lowest BCUT2D eigenvalue weighted by molar-refractivity contribution is 0.865. The summed E-state index contributed by atoms with van der Waals surface area (Å²) in [5.41, 5.74) is 4.07. The van der Waals surface area contributed by atoms with Crippen molar-refractivity contribution in [3.05, 3.63) is 29.3 Å². The Morgan fingerprint density at radius 2 is 1.86 bits per heavy atom. The maximum atomic E-state index is 3.49. The second kappa shape index (κ2) is 5.40. The van der Waals surface area contributed by atoms with Crippen LogP contribution in [0.3, 0.4) is 0 Å². The van der Waals surface area contributed by atoms with E-state index in [0.717, 1.165) is 18.4 Å². The monoisotopic (exact) mass is 255 g/mol. The number of anilines is 1. The summed E-state index contributed by atoms with van der Waals surface area (Å²) in [7, 11) is 0. The van der Waals surface area contributed by atoms with Gasteiger partial charge in [-0.15, -0.1) is 0 Å². The van der Waals surface area contributed by atoms with Crippen molar-refractivity contribution in [1.82, 2.24) is 0 Å². The zero-order valence-electron chi connectivity index (χ0n) is 9.18. The van der Waals surface area contributed by atoms with Crippen LogP contribution in [-0.2, 0) is 5.33 Å². The highest BCUT2D eigenvalue weighted by Crippen LogP contribution is 2.20. The molecule has 14 heavy (non-hydrogen) atoms. The van der Waals surface area contributed by atoms with E-state index < -0.39 is 0 Å². The molecule has 78 valence electrons. The third-order valence-corrected chi connectivity index (χ3v) is 3.20. The summed E-state index contributed by atoms with van der Waals surface area (Å²) >= 11 is 3.49. The van der Waals surface area contributed by atoms with Crippen LogP contribution in [0.2, 0.25) is 0 Å². The van der Waals surface area contributed by atoms with Crippen LogP contribution >= 0.6 is 15.9 Å². The number of rotatable bonds is 4. The number of benzene rings is 1. The van der Waals surface area contributed by atoms with Gasteiger partial charge in [0.25, 0.3) is 0 Å². The molecule has 0 spiro atoms. The average molecular weight is 256 g/mol. The molecule has 0 saturated heterocycles. The van der Waals surface area contributed by atoms with Gasteiger partial charge in [0.2, 0.25) is 0 Å². The van der Waals surface area contributed by atoms with E-state index in [4.69, 9.17) is 0 Å². The predicted octanol–water partition coefficient (Wildman–Crippen LogP) is 3.74. The van der Waals surface area contributed by atoms with Gasteiger partial charge in [0.05, 0.1) is 0 Å². The molecule has 0 bridgehead atoms. The molecule has 0 unspecified atom stereocenters. The normalized spacial score (nSPS) is 10.3. The minimum absolute atomic E-state index is 0.942. The first-order valence-corrected chi connectivity index (χ1v) is 6.25. The Morgan fingerprint density at radius 1 is 1.21 bits per heavy atom. The zero-order chi connectivity index (χ0) is 10.6. The maximum Gasteiger partial charge on any atom is 0.0368 e. The molecule has 0 aliphatic carbocycles. The molecule has 0 aromatic heterocycles. The second-order valence-corrected chi connectivity index (χ2v) is 3.98. The van der Waals surface area contributed by atoms with Crippen molar-refractivity contribution in [3.8, 4) is 0 Å². The molecule has 1 nitrogen and oxygen atoms in total. The fourth-order valence-corrected chi connectivity index (χ4v) is 2.24. The van der Waals surface area contributed by atoms with Crippen molar-refractivity contribution in [2.45, 2.75) is 26.1 Å². The van der Waals surface area contributed by atoms with Crippen molar-refractivity contribution in [1.29, 1.82) is 0 Å². The molecule has 0 aliphatic heterocycles. The highest BCUT2D eigenvalue weighted by atomic mass is 79.9. The van der Waals surface area contributed by atoms with Crippen molar-refractivity contribution in [2.75, 3.05) is 18.0 Å². The van der Waals surface area contributed by atoms with Crippen LogP contribution in [0.1, 0.15) is 25.0 Å². The molecule has 0 aliphatic rings. The van der Waals surface area contributed by atoms with Gasteiger partial charge < -0.3 is 4.90 Å². The summed E-state index contributed by atoms with van der Waals surface area (Å²) in [5, 5.41) is 0.942. The topological polar surface area (TPSA) is 3.24 Å². The molecule has 0 radical (unpaired) electrons. The molecule has 0 heterocycles. The molecule has 2 heteroatoms. The van der Waals surface area contributed by atoms with Crippen LogP contribution in [0.4, 0.5) is 5.69 Å². The number of alkyl halides is 1. The molecule has 0 saturated carbocycles. The lowest BCUT2D eigenvalue weighted by Crippen LogP contribution is -2.21. The van der Waals surface area contributed by atoms with Gasteiger partial charge in [-0.3, -0.25) is 0 Å². The minimum atomic E-state index is 0.942. The summed E-state index contributed by atoms with van der Waals surface area (Å²) in [6.07, 6.45) is 0. The third-order valence-electron chi connectivity index (χ3n) is 2.60. The Balaban J connectivity index is 2.95. The molecular weight excluding hydrogens is 238 g/mol. The molecule has 1 rings (SSSR count). The van der Waals surface area contributed by atoms with E-state index in [2.05, 4.69) is 59.8 Å². The van der Waals surface area contributed by atoms with Crippen LogP contribution in [0.25, 0.3) is 0 Å². The quantitative estimate of drug-likeness (QED) is 0.742. The fourth-order valence-electron chi connectivity index (χ4n) is 1.62. The second-order valence-electron chi connectivity index (χ2n) is 3.42. The summed E-state index contributed by atoms with van der Waals surface area (Å²) in [6, 6.07) is 6.68. The Bertz CT molecular complexity index is 292. The van der Waals surface area contributed by atoms with Gasteiger partial charge in [0.15, 0.2) is 0 Å². The largest absolute Gasteiger partial charge is 0.372 e. The van der Waals surface area contributed by atoms with Crippen LogP contribution in [0, 0.1) is 6.92 Å². The van der Waals surface area contributed by atoms with Gasteiger partial charge >= 0.3 is 0 Å². The van der Waals surface area contributed by atoms with E-state index in [1.54, 1.807) is 0 Å². The smallest absolute Gasteiger partial charge is 0.0368 e. The van der Waals surface area contributed by atoms with Crippen LogP contribution in [0.15, 0.2) is 18.2 Å². The van der Waals surface area contributed by atoms with Gasteiger partial charge in [0.1, 0.15) is 0 Å². The number of halogens is 1. The van der Waals surface area contributed by atoms with E-state index in [1.807, 2.05) is 0 Å². The van der Waals surface area contributed by atoms with Crippen LogP contribution < -0.4 is 4.90 Å². The zero-order valence-corrected chi connectivity index (χ0v) is 10.8. The van der Waals surface area contributed by atoms with E-state index in [-0.39, 0.29) is 0 Å². The number of aryl methyl sites for hydroxylation is 1. The van der Waals surface area contributed by atoms with Crippen molar-refractivity contribution in [3.63, 3.8) is 0 Å². The van der Waals surface area contributed by atoms with Gasteiger partial charge in [-0.1, -0.05) is 22.0 Å². The SMILES string of the molecule is CCN(CC)c1ccc(CBr)c(C)c1. The first-order chi connectivity index (χ1) is 6.72. The highest BCUT2D eigenvalue weighted by Gasteiger charge is 2.03. The lowest BCUT2D eigenvalue weighted by Gasteiger charge is -2.22. The highest BCUT2D eigenvalue weighted by molar-refractivity contribution is 9.08. The minimum Gasteiger partial charge on any atom is -0.372 e. The Hall–Kier alpha value is -0.500. The Labute approximate surface area is 95.2 Å². The summed E-state index contributed by atoms with van der Waals surface area (Å²) in [6.45, 7) is 8.70. The van der Waals surface area contributed by atoms with Gasteiger partial charge in [0, 0.05) is 24.1 Å². The Morgan fingerprint density at radius 3 is 2.29 bits per heavy atom. The van der Waals surface area contributed by atoms with Crippen LogP contribution in [0.5, 0.6) is 0 Å². The summed E-state index contributed by atoms with van der Waals surface area (Å²) < 4.78 is 0. The number of hydrogen-bond acceptors (Lipinski definition) is 1. The fraction of sp³-hybridized carbons (Fsp3) is 0.500. The number of nitrogens with zero attached hydrogens (tertiary/aromatic N) is 1.